The third-order valence-corrected chi connectivity index (χ3v) is 4.39. The van der Waals surface area contributed by atoms with Crippen molar-refractivity contribution in [3.8, 4) is 5.69 Å². The lowest BCUT2D eigenvalue weighted by molar-refractivity contribution is 0.102. The molecule has 25 heavy (non-hydrogen) atoms. The van der Waals surface area contributed by atoms with E-state index in [1.54, 1.807) is 6.92 Å². The van der Waals surface area contributed by atoms with E-state index in [9.17, 15) is 9.18 Å². The molecule has 0 unspecified atom stereocenters. The van der Waals surface area contributed by atoms with Gasteiger partial charge in [-0.25, -0.2) is 4.39 Å². The van der Waals surface area contributed by atoms with Gasteiger partial charge in [-0.3, -0.25) is 9.89 Å². The molecule has 0 aliphatic carbocycles. The number of carbonyl (C=O) groups is 1. The van der Waals surface area contributed by atoms with Crippen molar-refractivity contribution in [3.63, 3.8) is 0 Å². The van der Waals surface area contributed by atoms with Gasteiger partial charge in [-0.05, 0) is 57.4 Å². The number of amides is 1. The van der Waals surface area contributed by atoms with Crippen LogP contribution < -0.4 is 5.32 Å². The Morgan fingerprint density at radius 2 is 2.16 bits per heavy atom. The van der Waals surface area contributed by atoms with Crippen molar-refractivity contribution in [1.82, 2.24) is 30.4 Å². The Morgan fingerprint density at radius 1 is 1.40 bits per heavy atom. The second-order valence-corrected chi connectivity index (χ2v) is 6.51. The van der Waals surface area contributed by atoms with Gasteiger partial charge in [0.25, 0.3) is 5.91 Å². The summed E-state index contributed by atoms with van der Waals surface area (Å²) in [7, 11) is 0. The van der Waals surface area contributed by atoms with Crippen LogP contribution in [0.1, 0.15) is 41.8 Å². The van der Waals surface area contributed by atoms with Crippen molar-refractivity contribution in [3.05, 3.63) is 45.7 Å². The van der Waals surface area contributed by atoms with Crippen LogP contribution in [-0.2, 0) is 0 Å². The lowest BCUT2D eigenvalue weighted by Gasteiger charge is -2.08. The fraction of sp³-hybridized carbons (Fsp3) is 0.267. The van der Waals surface area contributed by atoms with Crippen LogP contribution in [0.3, 0.4) is 0 Å². The Labute approximate surface area is 150 Å². The van der Waals surface area contributed by atoms with Gasteiger partial charge in [0.15, 0.2) is 11.5 Å². The maximum atomic E-state index is 14.1. The number of rotatable bonds is 4. The van der Waals surface area contributed by atoms with E-state index in [1.807, 2.05) is 13.8 Å². The molecule has 0 aliphatic rings. The van der Waals surface area contributed by atoms with E-state index >= 15 is 0 Å². The molecule has 2 N–H and O–H groups in total. The second-order valence-electron chi connectivity index (χ2n) is 5.71. The van der Waals surface area contributed by atoms with E-state index in [2.05, 4.69) is 47.0 Å². The van der Waals surface area contributed by atoms with Gasteiger partial charge < -0.3 is 5.32 Å². The molecule has 3 aromatic rings. The molecule has 2 heterocycles. The Kier molecular flexibility index (Phi) is 4.62. The number of tetrazole rings is 1. The van der Waals surface area contributed by atoms with Crippen LogP contribution >= 0.6 is 15.9 Å². The molecule has 2 aromatic heterocycles. The maximum Gasteiger partial charge on any atom is 0.277 e. The van der Waals surface area contributed by atoms with E-state index in [4.69, 9.17) is 0 Å². The van der Waals surface area contributed by atoms with Gasteiger partial charge in [-0.15, -0.1) is 5.10 Å². The number of nitrogens with one attached hydrogen (secondary N) is 2. The summed E-state index contributed by atoms with van der Waals surface area (Å²) >= 11 is 3.39. The average Bonchev–Trinajstić information content (AvgIpc) is 3.15. The topological polar surface area (TPSA) is 101 Å². The quantitative estimate of drug-likeness (QED) is 0.691. The molecule has 0 spiro atoms. The lowest BCUT2D eigenvalue weighted by Crippen LogP contribution is -2.14. The van der Waals surface area contributed by atoms with Crippen LogP contribution in [0, 0.1) is 12.7 Å². The summed E-state index contributed by atoms with van der Waals surface area (Å²) in [6, 6.07) is 4.16. The smallest absolute Gasteiger partial charge is 0.277 e. The van der Waals surface area contributed by atoms with E-state index < -0.39 is 11.7 Å². The van der Waals surface area contributed by atoms with Gasteiger partial charge in [-0.1, -0.05) is 13.8 Å². The van der Waals surface area contributed by atoms with Gasteiger partial charge in [0.2, 0.25) is 0 Å². The number of nitrogens with zero attached hydrogens (tertiary/aromatic N) is 5. The van der Waals surface area contributed by atoms with Crippen molar-refractivity contribution in [2.24, 2.45) is 0 Å². The zero-order chi connectivity index (χ0) is 18.1. The van der Waals surface area contributed by atoms with Gasteiger partial charge in [0.1, 0.15) is 11.5 Å². The van der Waals surface area contributed by atoms with E-state index in [-0.39, 0.29) is 17.3 Å². The molecular weight excluding hydrogens is 393 g/mol. The molecule has 1 amide bonds. The number of aryl methyl sites for hydroxylation is 1. The predicted octanol–water partition coefficient (Wildman–Crippen LogP) is 2.97. The summed E-state index contributed by atoms with van der Waals surface area (Å²) in [5.41, 5.74) is 1.60. The molecule has 0 saturated carbocycles. The molecule has 0 radical (unpaired) electrons. The third kappa shape index (κ3) is 3.29. The molecular formula is C15H15BrFN7O. The van der Waals surface area contributed by atoms with Gasteiger partial charge >= 0.3 is 0 Å². The predicted molar refractivity (Wildman–Crippen MR) is 92.2 cm³/mol. The number of H-pyrrole nitrogens is 1. The van der Waals surface area contributed by atoms with Crippen molar-refractivity contribution >= 4 is 27.5 Å². The van der Waals surface area contributed by atoms with Crippen molar-refractivity contribution < 1.29 is 9.18 Å². The van der Waals surface area contributed by atoms with Crippen molar-refractivity contribution in [2.75, 3.05) is 5.32 Å². The molecule has 0 saturated heterocycles. The second kappa shape index (κ2) is 6.71. The number of halogens is 2. The molecule has 130 valence electrons. The number of benzene rings is 1. The summed E-state index contributed by atoms with van der Waals surface area (Å²) in [5, 5.41) is 20.6. The average molecular weight is 408 g/mol. The molecule has 0 atom stereocenters. The molecule has 0 bridgehead atoms. The van der Waals surface area contributed by atoms with E-state index in [1.165, 1.54) is 22.9 Å². The summed E-state index contributed by atoms with van der Waals surface area (Å²) in [5.74, 6) is -0.305. The van der Waals surface area contributed by atoms with Crippen LogP contribution in [0.5, 0.6) is 0 Å². The number of carbonyl (C=O) groups excluding carboxylic acids is 1. The number of hydrogen-bond donors (Lipinski definition) is 2. The van der Waals surface area contributed by atoms with Crippen LogP contribution in [0.15, 0.2) is 22.7 Å². The lowest BCUT2D eigenvalue weighted by atomic mass is 10.1. The monoisotopic (exact) mass is 407 g/mol. The Hall–Kier alpha value is -2.62. The number of anilines is 1. The molecule has 3 rings (SSSR count). The summed E-state index contributed by atoms with van der Waals surface area (Å²) in [6.07, 6.45) is 0. The Morgan fingerprint density at radius 3 is 2.76 bits per heavy atom. The van der Waals surface area contributed by atoms with Crippen LogP contribution in [0.25, 0.3) is 5.69 Å². The van der Waals surface area contributed by atoms with E-state index in [0.29, 0.717) is 16.0 Å². The fourth-order valence-electron chi connectivity index (χ4n) is 2.27. The Bertz CT molecular complexity index is 934. The largest absolute Gasteiger partial charge is 0.320 e. The first-order valence-electron chi connectivity index (χ1n) is 7.48. The molecule has 8 nitrogen and oxygen atoms in total. The van der Waals surface area contributed by atoms with Crippen molar-refractivity contribution in [2.45, 2.75) is 26.7 Å². The molecule has 1 aromatic carbocycles. The zero-order valence-corrected chi connectivity index (χ0v) is 15.3. The molecule has 10 heteroatoms. The fourth-order valence-corrected chi connectivity index (χ4v) is 3.09. The van der Waals surface area contributed by atoms with Gasteiger partial charge in [0, 0.05) is 5.69 Å². The normalized spacial score (nSPS) is 11.1. The number of aromatic amines is 1. The zero-order valence-electron chi connectivity index (χ0n) is 13.7. The first-order chi connectivity index (χ1) is 11.9. The summed E-state index contributed by atoms with van der Waals surface area (Å²) in [4.78, 5) is 12.5. The first-order valence-corrected chi connectivity index (χ1v) is 8.27. The van der Waals surface area contributed by atoms with Crippen LogP contribution in [0.2, 0.25) is 0 Å². The minimum Gasteiger partial charge on any atom is -0.320 e. The minimum atomic E-state index is -0.503. The summed E-state index contributed by atoms with van der Waals surface area (Å²) in [6.45, 7) is 5.63. The first kappa shape index (κ1) is 17.2. The van der Waals surface area contributed by atoms with E-state index in [0.717, 1.165) is 5.69 Å². The SMILES string of the molecule is Cc1nnnn1-c1cc(NC(=O)c2n[nH]c(C(C)C)c2Br)ccc1F. The third-order valence-electron chi connectivity index (χ3n) is 3.58. The highest BCUT2D eigenvalue weighted by molar-refractivity contribution is 9.10. The summed E-state index contributed by atoms with van der Waals surface area (Å²) < 4.78 is 15.9. The highest BCUT2D eigenvalue weighted by atomic mass is 79.9. The number of hydrogen-bond acceptors (Lipinski definition) is 5. The van der Waals surface area contributed by atoms with Crippen LogP contribution in [0.4, 0.5) is 10.1 Å². The molecule has 0 aliphatic heterocycles. The van der Waals surface area contributed by atoms with Gasteiger partial charge in [-0.2, -0.15) is 9.78 Å². The van der Waals surface area contributed by atoms with Crippen LogP contribution in [-0.4, -0.2) is 36.3 Å². The number of aromatic nitrogens is 6. The van der Waals surface area contributed by atoms with Gasteiger partial charge in [0.05, 0.1) is 10.2 Å². The minimum absolute atomic E-state index is 0.143. The van der Waals surface area contributed by atoms with Crippen molar-refractivity contribution in [1.29, 1.82) is 0 Å². The Balaban J connectivity index is 1.89. The molecule has 0 fully saturated rings. The maximum absolute atomic E-state index is 14.1. The standard InChI is InChI=1S/C15H15BrFN7O/c1-7(2)13-12(16)14(21-20-13)15(25)18-9-4-5-10(17)11(6-9)24-8(3)19-22-23-24/h4-7H,1-3H3,(H,18,25)(H,20,21). The highest BCUT2D eigenvalue weighted by Crippen LogP contribution is 2.26. The highest BCUT2D eigenvalue weighted by Gasteiger charge is 2.20.